The molecular weight excluding hydrogens is 535 g/mol. The molecule has 240 valence electrons. The molecule has 0 fully saturated rings. The largest absolute Gasteiger partial charge is 0.472 e. The maximum Gasteiger partial charge on any atom is 0.472 e. The van der Waals surface area contributed by atoms with Crippen LogP contribution in [0.15, 0.2) is 0 Å². The first-order chi connectivity index (χ1) is 19.2. The van der Waals surface area contributed by atoms with Crippen molar-refractivity contribution in [2.45, 2.75) is 154 Å². The third kappa shape index (κ3) is 26.3. The molecule has 0 saturated carbocycles. The van der Waals surface area contributed by atoms with Crippen molar-refractivity contribution in [2.24, 2.45) is 5.73 Å². The lowest BCUT2D eigenvalue weighted by Gasteiger charge is -2.29. The van der Waals surface area contributed by atoms with E-state index in [9.17, 15) is 24.5 Å². The molecule has 0 aliphatic rings. The monoisotopic (exact) mass is 596 g/mol. The summed E-state index contributed by atoms with van der Waals surface area (Å²) in [6.07, 6.45) is 20.4. The van der Waals surface area contributed by atoms with Crippen LogP contribution in [0.25, 0.3) is 0 Å². The highest BCUT2D eigenvalue weighted by Gasteiger charge is 2.30. The lowest BCUT2D eigenvalue weighted by atomic mass is 10.1. The summed E-state index contributed by atoms with van der Waals surface area (Å²) in [5.74, 6) is -2.64. The van der Waals surface area contributed by atoms with Gasteiger partial charge in [-0.3, -0.25) is 19.2 Å². The third-order valence-electron chi connectivity index (χ3n) is 6.81. The number of phosphoric acid groups is 1. The van der Waals surface area contributed by atoms with E-state index in [0.717, 1.165) is 38.5 Å². The average Bonchev–Trinajstić information content (AvgIpc) is 2.91. The number of phosphoric ester groups is 1. The van der Waals surface area contributed by atoms with Crippen LogP contribution >= 0.6 is 7.82 Å². The Hall–Kier alpha value is -0.580. The Bertz CT molecular complexity index is 639. The molecule has 0 aliphatic heterocycles. The smallest absolute Gasteiger partial charge is 0.464 e. The van der Waals surface area contributed by atoms with Crippen LogP contribution in [0.4, 0.5) is 0 Å². The van der Waals surface area contributed by atoms with Crippen LogP contribution in [0.3, 0.4) is 0 Å². The van der Waals surface area contributed by atoms with Gasteiger partial charge in [-0.15, -0.1) is 0 Å². The Morgan fingerprint density at radius 2 is 1.25 bits per heavy atom. The second-order valence-corrected chi connectivity index (χ2v) is 12.3. The number of rotatable bonds is 30. The Morgan fingerprint density at radius 3 is 1.75 bits per heavy atom. The Kier molecular flexibility index (Phi) is 25.7. The second kappa shape index (κ2) is 26.1. The zero-order chi connectivity index (χ0) is 30.0. The summed E-state index contributed by atoms with van der Waals surface area (Å²) in [6, 6.07) is -0.928. The summed E-state index contributed by atoms with van der Waals surface area (Å²) >= 11 is 0. The third-order valence-corrected chi connectivity index (χ3v) is 7.79. The number of aliphatic hydroxyl groups is 2. The van der Waals surface area contributed by atoms with Crippen molar-refractivity contribution in [3.8, 4) is 0 Å². The molecule has 0 saturated heterocycles. The predicted molar refractivity (Wildman–Crippen MR) is 160 cm³/mol. The van der Waals surface area contributed by atoms with Crippen LogP contribution in [0.5, 0.6) is 0 Å². The van der Waals surface area contributed by atoms with Gasteiger partial charge in [0, 0.05) is 19.4 Å². The first-order valence-electron chi connectivity index (χ1n) is 15.9. The van der Waals surface area contributed by atoms with Gasteiger partial charge < -0.3 is 25.6 Å². The zero-order valence-electron chi connectivity index (χ0n) is 25.5. The number of esters is 1. The maximum absolute atomic E-state index is 12.3. The number of carbonyl (C=O) groups is 1. The molecule has 0 bridgehead atoms. The van der Waals surface area contributed by atoms with E-state index in [1.165, 1.54) is 70.6 Å². The number of hydrogen-bond donors (Lipinski definition) is 5. The van der Waals surface area contributed by atoms with Gasteiger partial charge in [0.05, 0.1) is 19.3 Å². The summed E-state index contributed by atoms with van der Waals surface area (Å²) in [5, 5.41) is 23.6. The van der Waals surface area contributed by atoms with Gasteiger partial charge in [0.2, 0.25) is 5.91 Å². The van der Waals surface area contributed by atoms with Gasteiger partial charge in [0.1, 0.15) is 6.61 Å². The van der Waals surface area contributed by atoms with E-state index in [1.807, 2.05) is 0 Å². The fourth-order valence-corrected chi connectivity index (χ4v) is 5.23. The molecule has 1 unspecified atom stereocenters. The van der Waals surface area contributed by atoms with Crippen LogP contribution in [0.2, 0.25) is 0 Å². The molecular formula is C29H61N2O8P. The molecule has 40 heavy (non-hydrogen) atoms. The molecule has 0 heterocycles. The molecule has 11 heteroatoms. The van der Waals surface area contributed by atoms with Crippen LogP contribution in [0, 0.1) is 0 Å². The molecule has 0 rings (SSSR count). The van der Waals surface area contributed by atoms with E-state index in [4.69, 9.17) is 19.5 Å². The van der Waals surface area contributed by atoms with E-state index in [-0.39, 0.29) is 32.6 Å². The molecule has 0 aromatic carbocycles. The fourth-order valence-electron chi connectivity index (χ4n) is 4.45. The normalized spacial score (nSPS) is 14.2. The number of nitrogens with two attached hydrogens (primary N) is 1. The number of nitrogens with one attached hydrogen (secondary N) is 1. The van der Waals surface area contributed by atoms with Crippen molar-refractivity contribution in [2.75, 3.05) is 26.4 Å². The fraction of sp³-hybridized carbons (Fsp3) is 0.966. The van der Waals surface area contributed by atoms with E-state index in [1.54, 1.807) is 0 Å². The standard InChI is InChI=1S/C29H61N2O8P/c1-3-5-7-9-11-13-15-17-19-21-28(32)37-25-27(26-39-40(35,36)38-24-23-30)31-29(33,34)22-20-18-16-14-12-10-8-6-4-2/h27,31,33-34H,3-26,30H2,1-2H3,(H,35,36)/t27-/m0/s1. The highest BCUT2D eigenvalue weighted by atomic mass is 31.2. The van der Waals surface area contributed by atoms with Gasteiger partial charge in [-0.1, -0.05) is 117 Å². The summed E-state index contributed by atoms with van der Waals surface area (Å²) in [5.41, 5.74) is 5.30. The maximum atomic E-state index is 12.3. The zero-order valence-corrected chi connectivity index (χ0v) is 26.3. The predicted octanol–water partition coefficient (Wildman–Crippen LogP) is 6.06. The van der Waals surface area contributed by atoms with E-state index in [0.29, 0.717) is 6.42 Å². The topological polar surface area (TPSA) is 161 Å². The van der Waals surface area contributed by atoms with Crippen LogP contribution in [0.1, 0.15) is 142 Å². The molecule has 0 aliphatic carbocycles. The molecule has 10 nitrogen and oxygen atoms in total. The molecule has 0 amide bonds. The summed E-state index contributed by atoms with van der Waals surface area (Å²) in [6.45, 7) is 3.61. The minimum absolute atomic E-state index is 0.0428. The molecule has 0 spiro atoms. The summed E-state index contributed by atoms with van der Waals surface area (Å²) in [4.78, 5) is 22.1. The Morgan fingerprint density at radius 1 is 0.775 bits per heavy atom. The molecule has 0 aromatic rings. The molecule has 0 aromatic heterocycles. The van der Waals surface area contributed by atoms with Crippen molar-refractivity contribution in [3.05, 3.63) is 0 Å². The molecule has 0 radical (unpaired) electrons. The minimum atomic E-state index is -4.38. The first-order valence-corrected chi connectivity index (χ1v) is 17.3. The van der Waals surface area contributed by atoms with Gasteiger partial charge in [0.15, 0.2) is 0 Å². The van der Waals surface area contributed by atoms with Crippen molar-refractivity contribution in [1.29, 1.82) is 0 Å². The second-order valence-electron chi connectivity index (χ2n) is 10.9. The van der Waals surface area contributed by atoms with Gasteiger partial charge in [0.25, 0.3) is 0 Å². The number of unbranched alkanes of at least 4 members (excludes halogenated alkanes) is 16. The average molecular weight is 597 g/mol. The summed E-state index contributed by atoms with van der Waals surface area (Å²) < 4.78 is 27.1. The van der Waals surface area contributed by atoms with Gasteiger partial charge in [-0.25, -0.2) is 4.57 Å². The van der Waals surface area contributed by atoms with Gasteiger partial charge in [-0.2, -0.15) is 0 Å². The molecule has 6 N–H and O–H groups in total. The Balaban J connectivity index is 4.49. The van der Waals surface area contributed by atoms with Crippen LogP contribution in [-0.4, -0.2) is 59.4 Å². The van der Waals surface area contributed by atoms with Gasteiger partial charge >= 0.3 is 13.8 Å². The lowest BCUT2D eigenvalue weighted by molar-refractivity contribution is -0.201. The van der Waals surface area contributed by atoms with Crippen molar-refractivity contribution >= 4 is 13.8 Å². The van der Waals surface area contributed by atoms with E-state index in [2.05, 4.69) is 19.2 Å². The van der Waals surface area contributed by atoms with Crippen LogP contribution in [-0.2, 0) is 23.1 Å². The van der Waals surface area contributed by atoms with E-state index < -0.39 is 32.4 Å². The van der Waals surface area contributed by atoms with Crippen molar-refractivity contribution in [1.82, 2.24) is 5.32 Å². The van der Waals surface area contributed by atoms with Crippen molar-refractivity contribution < 1.29 is 38.3 Å². The van der Waals surface area contributed by atoms with E-state index >= 15 is 0 Å². The highest BCUT2D eigenvalue weighted by molar-refractivity contribution is 7.47. The van der Waals surface area contributed by atoms with Crippen molar-refractivity contribution in [3.63, 3.8) is 0 Å². The van der Waals surface area contributed by atoms with Crippen LogP contribution < -0.4 is 11.1 Å². The SMILES string of the molecule is CCCCCCCCCCCC(=O)OC[C@@H](COP(=O)(O)OCCN)NC(O)(O)CCCCCCCCCCC. The minimum Gasteiger partial charge on any atom is -0.464 e. The number of ether oxygens (including phenoxy) is 1. The number of hydrogen-bond acceptors (Lipinski definition) is 9. The lowest BCUT2D eigenvalue weighted by Crippen LogP contribution is -2.53. The Labute approximate surface area is 243 Å². The first kappa shape index (κ1) is 39.4. The summed E-state index contributed by atoms with van der Waals surface area (Å²) in [7, 11) is -4.38. The van der Waals surface area contributed by atoms with Gasteiger partial charge in [-0.05, 0) is 12.8 Å². The quantitative estimate of drug-likeness (QED) is 0.0285. The number of carbonyl (C=O) groups excluding carboxylic acids is 1. The highest BCUT2D eigenvalue weighted by Crippen LogP contribution is 2.42. The molecule has 2 atom stereocenters.